The molecule has 0 amide bonds. The average Bonchev–Trinajstić information content (AvgIpc) is 3.25. The van der Waals surface area contributed by atoms with Gasteiger partial charge in [0.1, 0.15) is 11.5 Å². The van der Waals surface area contributed by atoms with Gasteiger partial charge in [0.2, 0.25) is 6.79 Å². The molecule has 0 radical (unpaired) electrons. The largest absolute Gasteiger partial charge is 0.497 e. The lowest BCUT2D eigenvalue weighted by Crippen LogP contribution is -2.25. The fourth-order valence-corrected chi connectivity index (χ4v) is 3.24. The Kier molecular flexibility index (Phi) is 6.12. The first-order valence-corrected chi connectivity index (χ1v) is 9.64. The third-order valence-corrected chi connectivity index (χ3v) is 4.69. The van der Waals surface area contributed by atoms with Crippen LogP contribution in [0.25, 0.3) is 0 Å². The van der Waals surface area contributed by atoms with Crippen molar-refractivity contribution in [3.05, 3.63) is 78.1 Å². The van der Waals surface area contributed by atoms with Crippen LogP contribution in [-0.4, -0.2) is 32.0 Å². The quantitative estimate of drug-likeness (QED) is 0.556. The Bertz CT molecular complexity index is 933. The molecule has 1 unspecified atom stereocenters. The van der Waals surface area contributed by atoms with Crippen LogP contribution in [0.4, 0.5) is 0 Å². The summed E-state index contributed by atoms with van der Waals surface area (Å²) in [5.41, 5.74) is 2.08. The van der Waals surface area contributed by atoms with E-state index in [2.05, 4.69) is 16.4 Å². The summed E-state index contributed by atoms with van der Waals surface area (Å²) < 4.78 is 21.9. The van der Waals surface area contributed by atoms with Crippen LogP contribution in [0, 0.1) is 0 Å². The van der Waals surface area contributed by atoms with Crippen molar-refractivity contribution >= 4 is 0 Å². The van der Waals surface area contributed by atoms with Crippen molar-refractivity contribution in [2.24, 2.45) is 0 Å². The van der Waals surface area contributed by atoms with E-state index in [1.165, 1.54) is 0 Å². The highest BCUT2D eigenvalue weighted by molar-refractivity contribution is 5.46. The van der Waals surface area contributed by atoms with Gasteiger partial charge >= 0.3 is 0 Å². The number of aromatic nitrogens is 1. The summed E-state index contributed by atoms with van der Waals surface area (Å²) in [7, 11) is 1.68. The van der Waals surface area contributed by atoms with Crippen molar-refractivity contribution in [2.45, 2.75) is 12.5 Å². The van der Waals surface area contributed by atoms with Gasteiger partial charge < -0.3 is 24.3 Å². The van der Waals surface area contributed by atoms with E-state index in [1.54, 1.807) is 7.11 Å². The number of methoxy groups -OCH3 is 1. The van der Waals surface area contributed by atoms with E-state index in [1.807, 2.05) is 60.8 Å². The summed E-state index contributed by atoms with van der Waals surface area (Å²) in [4.78, 5) is 4.53. The summed E-state index contributed by atoms with van der Waals surface area (Å²) in [6.07, 6.45) is 2.66. The van der Waals surface area contributed by atoms with Crippen LogP contribution in [0.1, 0.15) is 23.7 Å². The molecule has 1 N–H and O–H groups in total. The molecule has 29 heavy (non-hydrogen) atoms. The van der Waals surface area contributed by atoms with Gasteiger partial charge in [0.25, 0.3) is 0 Å². The van der Waals surface area contributed by atoms with Gasteiger partial charge in [-0.25, -0.2) is 0 Å². The predicted molar refractivity (Wildman–Crippen MR) is 110 cm³/mol. The number of benzene rings is 2. The maximum absolute atomic E-state index is 5.85. The summed E-state index contributed by atoms with van der Waals surface area (Å²) in [6.45, 7) is 1.64. The molecule has 0 saturated carbocycles. The molecule has 0 fully saturated rings. The third kappa shape index (κ3) is 4.78. The van der Waals surface area contributed by atoms with Gasteiger partial charge in [-0.05, 0) is 54.9 Å². The molecular weight excluding hydrogens is 368 g/mol. The SMILES string of the molecule is COc1cccc(C(NCCCOc2ccc3c(c2)OCO3)c2ccccn2)c1. The summed E-state index contributed by atoms with van der Waals surface area (Å²) in [5.74, 6) is 3.10. The van der Waals surface area contributed by atoms with Crippen LogP contribution in [-0.2, 0) is 0 Å². The number of fused-ring (bicyclic) bond motifs is 1. The average molecular weight is 392 g/mol. The first kappa shape index (κ1) is 19.1. The normalized spacial score (nSPS) is 13.1. The Morgan fingerprint density at radius 2 is 1.93 bits per heavy atom. The lowest BCUT2D eigenvalue weighted by molar-refractivity contribution is 0.173. The molecule has 6 nitrogen and oxygen atoms in total. The van der Waals surface area contributed by atoms with E-state index in [9.17, 15) is 0 Å². The Morgan fingerprint density at radius 3 is 2.79 bits per heavy atom. The Labute approximate surface area is 170 Å². The maximum Gasteiger partial charge on any atom is 0.231 e. The molecule has 1 aliphatic rings. The molecule has 150 valence electrons. The number of nitrogens with one attached hydrogen (secondary N) is 1. The van der Waals surface area contributed by atoms with Crippen LogP contribution in [0.15, 0.2) is 66.9 Å². The lowest BCUT2D eigenvalue weighted by atomic mass is 10.0. The van der Waals surface area contributed by atoms with Crippen LogP contribution in [0.2, 0.25) is 0 Å². The molecule has 1 aromatic heterocycles. The molecule has 1 atom stereocenters. The highest BCUT2D eigenvalue weighted by Gasteiger charge is 2.16. The molecule has 0 saturated heterocycles. The number of rotatable bonds is 9. The minimum atomic E-state index is -0.0168. The summed E-state index contributed by atoms with van der Waals surface area (Å²) >= 11 is 0. The highest BCUT2D eigenvalue weighted by Crippen LogP contribution is 2.35. The Balaban J connectivity index is 1.34. The van der Waals surface area contributed by atoms with Crippen LogP contribution in [0.5, 0.6) is 23.0 Å². The zero-order chi connectivity index (χ0) is 19.9. The van der Waals surface area contributed by atoms with Crippen LogP contribution in [0.3, 0.4) is 0 Å². The van der Waals surface area contributed by atoms with Crippen LogP contribution < -0.4 is 24.3 Å². The topological polar surface area (TPSA) is 61.8 Å². The smallest absolute Gasteiger partial charge is 0.231 e. The third-order valence-electron chi connectivity index (χ3n) is 4.69. The van der Waals surface area contributed by atoms with Crippen LogP contribution >= 0.6 is 0 Å². The predicted octanol–water partition coefficient (Wildman–Crippen LogP) is 3.97. The number of hydrogen-bond donors (Lipinski definition) is 1. The van der Waals surface area contributed by atoms with Gasteiger partial charge in [-0.3, -0.25) is 4.98 Å². The van der Waals surface area contributed by atoms with Gasteiger partial charge in [-0.2, -0.15) is 0 Å². The number of pyridine rings is 1. The Morgan fingerprint density at radius 1 is 1.00 bits per heavy atom. The molecule has 4 rings (SSSR count). The van der Waals surface area contributed by atoms with Crippen molar-refractivity contribution in [3.8, 4) is 23.0 Å². The molecule has 1 aliphatic heterocycles. The van der Waals surface area contributed by atoms with E-state index in [-0.39, 0.29) is 12.8 Å². The monoisotopic (exact) mass is 392 g/mol. The molecule has 3 aromatic rings. The zero-order valence-corrected chi connectivity index (χ0v) is 16.3. The lowest BCUT2D eigenvalue weighted by Gasteiger charge is -2.19. The van der Waals surface area contributed by atoms with Gasteiger partial charge in [-0.15, -0.1) is 0 Å². The molecule has 0 bridgehead atoms. The second-order valence-electron chi connectivity index (χ2n) is 6.64. The van der Waals surface area contributed by atoms with Crippen molar-refractivity contribution in [1.29, 1.82) is 0 Å². The highest BCUT2D eigenvalue weighted by atomic mass is 16.7. The zero-order valence-electron chi connectivity index (χ0n) is 16.3. The fourth-order valence-electron chi connectivity index (χ4n) is 3.24. The van der Waals surface area contributed by atoms with Gasteiger partial charge in [0.05, 0.1) is 25.5 Å². The van der Waals surface area contributed by atoms with E-state index in [0.717, 1.165) is 47.2 Å². The minimum Gasteiger partial charge on any atom is -0.497 e. The molecular formula is C23H24N2O4. The number of nitrogens with zero attached hydrogens (tertiary/aromatic N) is 1. The van der Waals surface area contributed by atoms with Gasteiger partial charge in [-0.1, -0.05) is 18.2 Å². The number of hydrogen-bond acceptors (Lipinski definition) is 6. The van der Waals surface area contributed by atoms with E-state index >= 15 is 0 Å². The molecule has 2 heterocycles. The fraction of sp³-hybridized carbons (Fsp3) is 0.261. The van der Waals surface area contributed by atoms with Gasteiger partial charge in [0.15, 0.2) is 11.5 Å². The molecule has 0 spiro atoms. The van der Waals surface area contributed by atoms with E-state index in [4.69, 9.17) is 18.9 Å². The van der Waals surface area contributed by atoms with E-state index in [0.29, 0.717) is 6.61 Å². The maximum atomic E-state index is 5.85. The molecule has 6 heteroatoms. The van der Waals surface area contributed by atoms with Crippen molar-refractivity contribution in [3.63, 3.8) is 0 Å². The molecule has 2 aromatic carbocycles. The first-order valence-electron chi connectivity index (χ1n) is 9.64. The van der Waals surface area contributed by atoms with Crippen molar-refractivity contribution < 1.29 is 18.9 Å². The van der Waals surface area contributed by atoms with Crippen molar-refractivity contribution in [1.82, 2.24) is 10.3 Å². The number of ether oxygens (including phenoxy) is 4. The van der Waals surface area contributed by atoms with Crippen molar-refractivity contribution in [2.75, 3.05) is 27.1 Å². The first-order chi connectivity index (χ1) is 14.3. The second-order valence-corrected chi connectivity index (χ2v) is 6.64. The summed E-state index contributed by atoms with van der Waals surface area (Å²) in [6, 6.07) is 19.6. The standard InChI is InChI=1S/C23H24N2O4/c1-26-18-7-4-6-17(14-18)23(20-8-2-3-11-24-20)25-12-5-13-27-19-9-10-21-22(15-19)29-16-28-21/h2-4,6-11,14-15,23,25H,5,12-13,16H2,1H3. The Hall–Kier alpha value is -3.25. The second kappa shape index (κ2) is 9.30. The van der Waals surface area contributed by atoms with Gasteiger partial charge in [0, 0.05) is 12.3 Å². The molecule has 0 aliphatic carbocycles. The van der Waals surface area contributed by atoms with E-state index < -0.39 is 0 Å². The summed E-state index contributed by atoms with van der Waals surface area (Å²) in [5, 5.41) is 3.59. The minimum absolute atomic E-state index is 0.0168.